The Kier molecular flexibility index (Phi) is 4.58. The number of hydrogen-bond acceptors (Lipinski definition) is 6. The molecule has 27 heavy (non-hydrogen) atoms. The van der Waals surface area contributed by atoms with Gasteiger partial charge in [0.15, 0.2) is 18.1 Å². The highest BCUT2D eigenvalue weighted by Crippen LogP contribution is 2.33. The van der Waals surface area contributed by atoms with Crippen molar-refractivity contribution in [3.05, 3.63) is 48.0 Å². The Labute approximate surface area is 156 Å². The molecule has 0 bridgehead atoms. The summed E-state index contributed by atoms with van der Waals surface area (Å²) in [7, 11) is 0. The van der Waals surface area contributed by atoms with E-state index in [1.54, 1.807) is 23.1 Å². The highest BCUT2D eigenvalue weighted by Gasteiger charge is 2.30. The van der Waals surface area contributed by atoms with Crippen LogP contribution in [0.1, 0.15) is 5.56 Å². The summed E-state index contributed by atoms with van der Waals surface area (Å²) < 4.78 is 21.9. The van der Waals surface area contributed by atoms with Crippen molar-refractivity contribution < 1.29 is 28.5 Å². The number of anilines is 1. The third-order valence-corrected chi connectivity index (χ3v) is 4.39. The molecule has 0 aliphatic carbocycles. The first-order valence-electron chi connectivity index (χ1n) is 8.71. The Morgan fingerprint density at radius 3 is 2.78 bits per heavy atom. The molecule has 0 saturated heterocycles. The fourth-order valence-electron chi connectivity index (χ4n) is 3.03. The summed E-state index contributed by atoms with van der Waals surface area (Å²) in [5, 5.41) is 0. The molecule has 0 saturated carbocycles. The lowest BCUT2D eigenvalue weighted by Crippen LogP contribution is -2.43. The van der Waals surface area contributed by atoms with Gasteiger partial charge in [0.1, 0.15) is 19.0 Å². The number of para-hydroxylation sites is 2. The van der Waals surface area contributed by atoms with E-state index in [0.29, 0.717) is 36.1 Å². The molecule has 140 valence electrons. The number of esters is 1. The lowest BCUT2D eigenvalue weighted by Gasteiger charge is -2.30. The van der Waals surface area contributed by atoms with E-state index < -0.39 is 12.1 Å². The zero-order chi connectivity index (χ0) is 18.8. The summed E-state index contributed by atoms with van der Waals surface area (Å²) in [6.45, 7) is 2.42. The lowest BCUT2D eigenvalue weighted by molar-refractivity contribution is -0.157. The van der Waals surface area contributed by atoms with Crippen LogP contribution in [0.3, 0.4) is 0 Å². The molecule has 1 atom stereocenters. The van der Waals surface area contributed by atoms with Crippen molar-refractivity contribution in [1.29, 1.82) is 0 Å². The van der Waals surface area contributed by atoms with Gasteiger partial charge in [0.2, 0.25) is 6.10 Å². The zero-order valence-corrected chi connectivity index (χ0v) is 14.8. The summed E-state index contributed by atoms with van der Waals surface area (Å²) in [6.07, 6.45) is -0.896. The Bertz CT molecular complexity index is 881. The van der Waals surface area contributed by atoms with E-state index in [9.17, 15) is 9.59 Å². The van der Waals surface area contributed by atoms with Gasteiger partial charge in [-0.05, 0) is 36.8 Å². The van der Waals surface area contributed by atoms with Gasteiger partial charge in [0.25, 0.3) is 5.91 Å². The van der Waals surface area contributed by atoms with E-state index in [0.717, 1.165) is 5.56 Å². The van der Waals surface area contributed by atoms with Crippen molar-refractivity contribution in [3.8, 4) is 17.2 Å². The van der Waals surface area contributed by atoms with E-state index in [2.05, 4.69) is 0 Å². The van der Waals surface area contributed by atoms with E-state index in [-0.39, 0.29) is 19.1 Å². The summed E-state index contributed by atoms with van der Waals surface area (Å²) >= 11 is 0. The van der Waals surface area contributed by atoms with Crippen LogP contribution in [0.25, 0.3) is 0 Å². The van der Waals surface area contributed by atoms with Crippen molar-refractivity contribution in [2.75, 3.05) is 31.3 Å². The average molecular weight is 369 g/mol. The molecule has 4 rings (SSSR count). The van der Waals surface area contributed by atoms with Gasteiger partial charge in [-0.1, -0.05) is 18.2 Å². The van der Waals surface area contributed by atoms with Crippen LogP contribution in [0.2, 0.25) is 0 Å². The second kappa shape index (κ2) is 7.19. The van der Waals surface area contributed by atoms with E-state index in [1.807, 2.05) is 31.2 Å². The molecule has 0 spiro atoms. The van der Waals surface area contributed by atoms with Crippen LogP contribution in [0.4, 0.5) is 5.69 Å². The third-order valence-electron chi connectivity index (χ3n) is 4.39. The highest BCUT2D eigenvalue weighted by atomic mass is 16.6. The fourth-order valence-corrected chi connectivity index (χ4v) is 3.03. The molecule has 2 aliphatic rings. The SMILES string of the molecule is Cc1ccc2c(c1)N(C(=O)COC(=O)C1COc3ccccc3O1)CCO2. The molecular weight excluding hydrogens is 350 g/mol. The van der Waals surface area contributed by atoms with Gasteiger partial charge < -0.3 is 23.8 Å². The van der Waals surface area contributed by atoms with Crippen molar-refractivity contribution in [3.63, 3.8) is 0 Å². The number of carbonyl (C=O) groups excluding carboxylic acids is 2. The number of aryl methyl sites for hydroxylation is 1. The topological polar surface area (TPSA) is 74.3 Å². The molecule has 2 heterocycles. The largest absolute Gasteiger partial charge is 0.490 e. The second-order valence-corrected chi connectivity index (χ2v) is 6.34. The normalized spacial score (nSPS) is 17.5. The van der Waals surface area contributed by atoms with Crippen LogP contribution in [0.5, 0.6) is 17.2 Å². The summed E-state index contributed by atoms with van der Waals surface area (Å²) in [5.74, 6) is 0.769. The first kappa shape index (κ1) is 17.2. The monoisotopic (exact) mass is 369 g/mol. The Balaban J connectivity index is 1.38. The molecular formula is C20H19NO6. The number of hydrogen-bond donors (Lipinski definition) is 0. The van der Waals surface area contributed by atoms with E-state index >= 15 is 0 Å². The summed E-state index contributed by atoms with van der Waals surface area (Å²) in [5.41, 5.74) is 1.70. The van der Waals surface area contributed by atoms with Gasteiger partial charge >= 0.3 is 5.97 Å². The predicted molar refractivity (Wildman–Crippen MR) is 96.3 cm³/mol. The molecule has 2 aromatic carbocycles. The summed E-state index contributed by atoms with van der Waals surface area (Å²) in [6, 6.07) is 12.7. The Morgan fingerprint density at radius 1 is 1.11 bits per heavy atom. The van der Waals surface area contributed by atoms with Crippen LogP contribution >= 0.6 is 0 Å². The number of fused-ring (bicyclic) bond motifs is 2. The van der Waals surface area contributed by atoms with Crippen molar-refractivity contribution in [2.45, 2.75) is 13.0 Å². The molecule has 2 aromatic rings. The molecule has 0 N–H and O–H groups in total. The first-order chi connectivity index (χ1) is 13.1. The molecule has 0 aromatic heterocycles. The summed E-state index contributed by atoms with van der Waals surface area (Å²) in [4.78, 5) is 26.4. The van der Waals surface area contributed by atoms with Crippen LogP contribution in [0, 0.1) is 6.92 Å². The van der Waals surface area contributed by atoms with Gasteiger partial charge in [-0.2, -0.15) is 0 Å². The smallest absolute Gasteiger partial charge is 0.351 e. The maximum Gasteiger partial charge on any atom is 0.351 e. The third kappa shape index (κ3) is 3.53. The van der Waals surface area contributed by atoms with Crippen LogP contribution in [0.15, 0.2) is 42.5 Å². The van der Waals surface area contributed by atoms with Crippen molar-refractivity contribution in [2.24, 2.45) is 0 Å². The molecule has 1 amide bonds. The quantitative estimate of drug-likeness (QED) is 0.772. The van der Waals surface area contributed by atoms with Crippen LogP contribution < -0.4 is 19.1 Å². The van der Waals surface area contributed by atoms with Crippen LogP contribution in [-0.4, -0.2) is 44.3 Å². The number of amides is 1. The van der Waals surface area contributed by atoms with Crippen LogP contribution in [-0.2, 0) is 14.3 Å². The maximum absolute atomic E-state index is 12.6. The fraction of sp³-hybridized carbons (Fsp3) is 0.300. The van der Waals surface area contributed by atoms with Gasteiger partial charge in [0.05, 0.1) is 12.2 Å². The van der Waals surface area contributed by atoms with Gasteiger partial charge in [-0.3, -0.25) is 4.79 Å². The molecule has 7 nitrogen and oxygen atoms in total. The molecule has 7 heteroatoms. The minimum Gasteiger partial charge on any atom is -0.490 e. The Morgan fingerprint density at radius 2 is 1.93 bits per heavy atom. The zero-order valence-electron chi connectivity index (χ0n) is 14.8. The predicted octanol–water partition coefficient (Wildman–Crippen LogP) is 2.10. The molecule has 1 unspecified atom stereocenters. The molecule has 2 aliphatic heterocycles. The van der Waals surface area contributed by atoms with Crippen molar-refractivity contribution in [1.82, 2.24) is 0 Å². The number of rotatable bonds is 3. The number of ether oxygens (including phenoxy) is 4. The van der Waals surface area contributed by atoms with Gasteiger partial charge in [0, 0.05) is 0 Å². The minimum absolute atomic E-state index is 0.0453. The maximum atomic E-state index is 12.6. The number of benzene rings is 2. The minimum atomic E-state index is -0.896. The standard InChI is InChI=1S/C20H19NO6/c1-13-6-7-15-14(10-13)21(8-9-24-15)19(22)12-26-20(23)18-11-25-16-4-2-3-5-17(16)27-18/h2-7,10,18H,8-9,11-12H2,1H3. The van der Waals surface area contributed by atoms with Gasteiger partial charge in [-0.15, -0.1) is 0 Å². The highest BCUT2D eigenvalue weighted by molar-refractivity contribution is 5.97. The van der Waals surface area contributed by atoms with Crippen molar-refractivity contribution >= 4 is 17.6 Å². The molecule has 0 radical (unpaired) electrons. The molecule has 0 fully saturated rings. The van der Waals surface area contributed by atoms with Gasteiger partial charge in [-0.25, -0.2) is 4.79 Å². The number of carbonyl (C=O) groups is 2. The number of nitrogens with zero attached hydrogens (tertiary/aromatic N) is 1. The average Bonchev–Trinajstić information content (AvgIpc) is 2.70. The van der Waals surface area contributed by atoms with E-state index in [4.69, 9.17) is 18.9 Å². The van der Waals surface area contributed by atoms with E-state index in [1.165, 1.54) is 0 Å². The second-order valence-electron chi connectivity index (χ2n) is 6.34. The lowest BCUT2D eigenvalue weighted by atomic mass is 10.1. The first-order valence-corrected chi connectivity index (χ1v) is 8.71. The Hall–Kier alpha value is -3.22.